The monoisotopic (exact) mass is 303 g/mol. The second-order valence-corrected chi connectivity index (χ2v) is 6.25. The molecule has 0 rings (SSSR count). The van der Waals surface area contributed by atoms with Crippen LogP contribution in [0.5, 0.6) is 0 Å². The minimum Gasteiger partial charge on any atom is -0.480 e. The molecule has 0 aliphatic carbocycles. The number of nitrogens with zero attached hydrogens (tertiary/aromatic N) is 1. The zero-order chi connectivity index (χ0) is 16.5. The Labute approximate surface area is 127 Å². The Kier molecular flexibility index (Phi) is 8.96. The summed E-state index contributed by atoms with van der Waals surface area (Å²) < 4.78 is 4.88. The quantitative estimate of drug-likeness (QED) is 0.518. The average molecular weight is 303 g/mol. The molecule has 0 aromatic rings. The van der Waals surface area contributed by atoms with Crippen molar-refractivity contribution in [3.8, 4) is 0 Å². The minimum absolute atomic E-state index is 0.0877. The van der Waals surface area contributed by atoms with E-state index < -0.39 is 18.0 Å². The van der Waals surface area contributed by atoms with Gasteiger partial charge in [0.05, 0.1) is 0 Å². The molecule has 0 spiro atoms. The van der Waals surface area contributed by atoms with Crippen LogP contribution in [0.15, 0.2) is 0 Å². The van der Waals surface area contributed by atoms with Crippen LogP contribution in [0.4, 0.5) is 4.79 Å². The van der Waals surface area contributed by atoms with Crippen molar-refractivity contribution in [1.82, 2.24) is 15.5 Å². The third-order valence-electron chi connectivity index (χ3n) is 2.92. The van der Waals surface area contributed by atoms with Crippen LogP contribution >= 0.6 is 0 Å². The van der Waals surface area contributed by atoms with E-state index in [2.05, 4.69) is 10.6 Å². The molecule has 7 heteroatoms. The van der Waals surface area contributed by atoms with Gasteiger partial charge in [0.1, 0.15) is 6.04 Å². The van der Waals surface area contributed by atoms with Gasteiger partial charge in [-0.25, -0.2) is 9.59 Å². The molecule has 0 fully saturated rings. The molecule has 124 valence electrons. The lowest BCUT2D eigenvalue weighted by atomic mass is 9.93. The van der Waals surface area contributed by atoms with Crippen LogP contribution in [0.2, 0.25) is 0 Å². The van der Waals surface area contributed by atoms with Gasteiger partial charge in [-0.15, -0.1) is 0 Å². The summed E-state index contributed by atoms with van der Waals surface area (Å²) in [6.45, 7) is 5.86. The largest absolute Gasteiger partial charge is 0.480 e. The van der Waals surface area contributed by atoms with Crippen LogP contribution in [0.25, 0.3) is 0 Å². The number of rotatable bonds is 10. The molecule has 0 aliphatic rings. The second-order valence-electron chi connectivity index (χ2n) is 6.25. The van der Waals surface area contributed by atoms with Gasteiger partial charge in [-0.3, -0.25) is 0 Å². The molecular weight excluding hydrogens is 274 g/mol. The highest BCUT2D eigenvalue weighted by Gasteiger charge is 2.22. The molecule has 0 saturated carbocycles. The van der Waals surface area contributed by atoms with Gasteiger partial charge in [0.15, 0.2) is 0 Å². The van der Waals surface area contributed by atoms with Crippen LogP contribution in [0.1, 0.15) is 26.7 Å². The molecule has 0 heterocycles. The molecular formula is C14H29N3O4. The number of ether oxygens (including phenoxy) is 1. The van der Waals surface area contributed by atoms with E-state index in [9.17, 15) is 9.59 Å². The summed E-state index contributed by atoms with van der Waals surface area (Å²) >= 11 is 0. The molecule has 7 nitrogen and oxygen atoms in total. The van der Waals surface area contributed by atoms with Crippen molar-refractivity contribution >= 4 is 12.0 Å². The first kappa shape index (κ1) is 19.7. The fraction of sp³-hybridized carbons (Fsp3) is 0.857. The topological polar surface area (TPSA) is 90.9 Å². The second kappa shape index (κ2) is 9.57. The van der Waals surface area contributed by atoms with Gasteiger partial charge in [0.2, 0.25) is 0 Å². The highest BCUT2D eigenvalue weighted by molar-refractivity contribution is 5.82. The summed E-state index contributed by atoms with van der Waals surface area (Å²) in [4.78, 5) is 24.9. The molecule has 0 radical (unpaired) electrons. The number of amides is 2. The standard InChI is InChI=1S/C14H29N3O4/c1-14(2,10-17(3)4)9-15-13(20)16-11(12(18)19)7-6-8-21-5/h11H,6-10H2,1-5H3,(H,18,19)(H2,15,16,20). The van der Waals surface area contributed by atoms with E-state index in [1.807, 2.05) is 32.8 Å². The molecule has 3 N–H and O–H groups in total. The van der Waals surface area contributed by atoms with Gasteiger partial charge in [0, 0.05) is 26.8 Å². The maximum atomic E-state index is 11.8. The highest BCUT2D eigenvalue weighted by Crippen LogP contribution is 2.13. The van der Waals surface area contributed by atoms with Crippen LogP contribution in [0.3, 0.4) is 0 Å². The lowest BCUT2D eigenvalue weighted by Gasteiger charge is -2.28. The summed E-state index contributed by atoms with van der Waals surface area (Å²) in [5, 5.41) is 14.3. The smallest absolute Gasteiger partial charge is 0.326 e. The lowest BCUT2D eigenvalue weighted by Crippen LogP contribution is -2.49. The number of carboxylic acids is 1. The first-order valence-electron chi connectivity index (χ1n) is 7.09. The predicted molar refractivity (Wildman–Crippen MR) is 81.4 cm³/mol. The van der Waals surface area contributed by atoms with E-state index in [4.69, 9.17) is 9.84 Å². The Morgan fingerprint density at radius 2 is 1.95 bits per heavy atom. The Hall–Kier alpha value is -1.34. The van der Waals surface area contributed by atoms with Gasteiger partial charge in [-0.05, 0) is 32.4 Å². The molecule has 0 bridgehead atoms. The van der Waals surface area contributed by atoms with Gasteiger partial charge < -0.3 is 25.4 Å². The Morgan fingerprint density at radius 3 is 2.43 bits per heavy atom. The zero-order valence-electron chi connectivity index (χ0n) is 13.7. The number of nitrogens with one attached hydrogen (secondary N) is 2. The predicted octanol–water partition coefficient (Wildman–Crippen LogP) is 0.753. The summed E-state index contributed by atoms with van der Waals surface area (Å²) in [5.41, 5.74) is -0.0877. The number of urea groups is 1. The summed E-state index contributed by atoms with van der Waals surface area (Å²) in [6, 6.07) is -1.34. The first-order chi connectivity index (χ1) is 9.68. The van der Waals surface area contributed by atoms with Gasteiger partial charge in [-0.1, -0.05) is 13.8 Å². The SMILES string of the molecule is COCCCC(NC(=O)NCC(C)(C)CN(C)C)C(=O)O. The molecule has 0 aromatic heterocycles. The van der Waals surface area contributed by atoms with Crippen LogP contribution in [0, 0.1) is 5.41 Å². The zero-order valence-corrected chi connectivity index (χ0v) is 13.7. The summed E-state index contributed by atoms with van der Waals surface area (Å²) in [5.74, 6) is -1.03. The maximum absolute atomic E-state index is 11.8. The van der Waals surface area contributed by atoms with Gasteiger partial charge in [-0.2, -0.15) is 0 Å². The molecule has 2 amide bonds. The maximum Gasteiger partial charge on any atom is 0.326 e. The van der Waals surface area contributed by atoms with E-state index in [-0.39, 0.29) is 5.41 Å². The molecule has 1 unspecified atom stereocenters. The van der Waals surface area contributed by atoms with Crippen molar-refractivity contribution in [1.29, 1.82) is 0 Å². The number of carbonyl (C=O) groups excluding carboxylic acids is 1. The normalized spacial score (nSPS) is 13.0. The molecule has 21 heavy (non-hydrogen) atoms. The molecule has 0 saturated heterocycles. The Balaban J connectivity index is 4.22. The van der Waals surface area contributed by atoms with Gasteiger partial charge >= 0.3 is 12.0 Å². The Morgan fingerprint density at radius 1 is 1.33 bits per heavy atom. The third-order valence-corrected chi connectivity index (χ3v) is 2.92. The lowest BCUT2D eigenvalue weighted by molar-refractivity contribution is -0.139. The third kappa shape index (κ3) is 10.1. The number of carbonyl (C=O) groups is 2. The molecule has 0 aliphatic heterocycles. The fourth-order valence-electron chi connectivity index (χ4n) is 2.13. The molecule has 0 aromatic carbocycles. The van der Waals surface area contributed by atoms with E-state index in [0.29, 0.717) is 26.0 Å². The Bertz CT molecular complexity index is 332. The van der Waals surface area contributed by atoms with Crippen molar-refractivity contribution in [3.05, 3.63) is 0 Å². The fourth-order valence-corrected chi connectivity index (χ4v) is 2.13. The number of carboxylic acid groups (broad SMARTS) is 1. The van der Waals surface area contributed by atoms with E-state index in [0.717, 1.165) is 6.54 Å². The average Bonchev–Trinajstić information content (AvgIpc) is 2.34. The summed E-state index contributed by atoms with van der Waals surface area (Å²) in [6.07, 6.45) is 0.928. The van der Waals surface area contributed by atoms with Crippen molar-refractivity contribution in [2.75, 3.05) is 40.9 Å². The van der Waals surface area contributed by atoms with Gasteiger partial charge in [0.25, 0.3) is 0 Å². The van der Waals surface area contributed by atoms with E-state index >= 15 is 0 Å². The number of methoxy groups -OCH3 is 1. The number of hydrogen-bond donors (Lipinski definition) is 3. The van der Waals surface area contributed by atoms with Crippen molar-refractivity contribution < 1.29 is 19.4 Å². The highest BCUT2D eigenvalue weighted by atomic mass is 16.5. The number of aliphatic carboxylic acids is 1. The summed E-state index contributed by atoms with van der Waals surface area (Å²) in [7, 11) is 5.50. The minimum atomic E-state index is -1.03. The molecule has 1 atom stereocenters. The van der Waals surface area contributed by atoms with E-state index in [1.165, 1.54) is 0 Å². The van der Waals surface area contributed by atoms with Crippen molar-refractivity contribution in [2.24, 2.45) is 5.41 Å². The number of hydrogen-bond acceptors (Lipinski definition) is 4. The first-order valence-corrected chi connectivity index (χ1v) is 7.09. The van der Waals surface area contributed by atoms with Crippen LogP contribution < -0.4 is 10.6 Å². The van der Waals surface area contributed by atoms with E-state index in [1.54, 1.807) is 7.11 Å². The van der Waals surface area contributed by atoms with Crippen molar-refractivity contribution in [3.63, 3.8) is 0 Å². The van der Waals surface area contributed by atoms with Crippen LogP contribution in [-0.4, -0.2) is 69.0 Å². The van der Waals surface area contributed by atoms with Crippen LogP contribution in [-0.2, 0) is 9.53 Å². The van der Waals surface area contributed by atoms with Crippen molar-refractivity contribution in [2.45, 2.75) is 32.7 Å².